The number of aryl methyl sites for hydroxylation is 1. The van der Waals surface area contributed by atoms with Crippen molar-refractivity contribution in [1.82, 2.24) is 9.55 Å². The summed E-state index contributed by atoms with van der Waals surface area (Å²) in [7, 11) is 2.06. The van der Waals surface area contributed by atoms with E-state index in [1.165, 1.54) is 63.6 Å². The highest BCUT2D eigenvalue weighted by Gasteiger charge is 2.29. The highest BCUT2D eigenvalue weighted by molar-refractivity contribution is 5.39. The predicted molar refractivity (Wildman–Crippen MR) is 81.3 cm³/mol. The number of nitrogens with two attached hydrogens (primary N) is 1. The second-order valence-electron chi connectivity index (χ2n) is 6.01. The van der Waals surface area contributed by atoms with Gasteiger partial charge in [-0.1, -0.05) is 45.4 Å². The molecule has 1 aliphatic carbocycles. The molecule has 1 aliphatic rings. The molecule has 1 aromatic rings. The third kappa shape index (κ3) is 3.99. The van der Waals surface area contributed by atoms with Crippen LogP contribution in [0.5, 0.6) is 0 Å². The summed E-state index contributed by atoms with van der Waals surface area (Å²) in [5.74, 6) is 2.80. The summed E-state index contributed by atoms with van der Waals surface area (Å²) in [5, 5.41) is 0. The van der Waals surface area contributed by atoms with Gasteiger partial charge in [-0.25, -0.2) is 4.98 Å². The molecule has 0 bridgehead atoms. The molecule has 1 saturated carbocycles. The van der Waals surface area contributed by atoms with Gasteiger partial charge in [0, 0.05) is 13.0 Å². The summed E-state index contributed by atoms with van der Waals surface area (Å²) in [6.07, 6.45) is 13.1. The SMILES string of the molecule is CCCCCCCCCc1nc(C2CC2)n(C)c1N. The van der Waals surface area contributed by atoms with Crippen LogP contribution in [0.25, 0.3) is 0 Å². The lowest BCUT2D eigenvalue weighted by Crippen LogP contribution is -2.01. The molecule has 1 heterocycles. The molecule has 3 heteroatoms. The summed E-state index contributed by atoms with van der Waals surface area (Å²) in [6.45, 7) is 2.27. The summed E-state index contributed by atoms with van der Waals surface area (Å²) in [4.78, 5) is 4.76. The zero-order chi connectivity index (χ0) is 13.7. The number of unbranched alkanes of at least 4 members (excludes halogenated alkanes) is 6. The van der Waals surface area contributed by atoms with Crippen LogP contribution in [0, 0.1) is 0 Å². The molecule has 0 spiro atoms. The Bertz CT molecular complexity index is 391. The van der Waals surface area contributed by atoms with Crippen LogP contribution in [-0.4, -0.2) is 9.55 Å². The molecule has 0 atom stereocenters. The minimum atomic E-state index is 0.690. The van der Waals surface area contributed by atoms with E-state index in [1.54, 1.807) is 0 Å². The zero-order valence-electron chi connectivity index (χ0n) is 12.6. The summed E-state index contributed by atoms with van der Waals surface area (Å²) in [6, 6.07) is 0. The minimum absolute atomic E-state index is 0.690. The Morgan fingerprint density at radius 2 is 1.74 bits per heavy atom. The van der Waals surface area contributed by atoms with E-state index in [0.29, 0.717) is 5.92 Å². The summed E-state index contributed by atoms with van der Waals surface area (Å²) in [5.41, 5.74) is 7.29. The number of anilines is 1. The molecule has 1 fully saturated rings. The lowest BCUT2D eigenvalue weighted by Gasteiger charge is -2.02. The fourth-order valence-electron chi connectivity index (χ4n) is 2.73. The largest absolute Gasteiger partial charge is 0.384 e. The van der Waals surface area contributed by atoms with Crippen molar-refractivity contribution in [2.24, 2.45) is 7.05 Å². The molecule has 3 nitrogen and oxygen atoms in total. The van der Waals surface area contributed by atoms with Crippen molar-refractivity contribution in [2.45, 2.75) is 77.0 Å². The first-order valence-electron chi connectivity index (χ1n) is 8.05. The fraction of sp³-hybridized carbons (Fsp3) is 0.812. The second kappa shape index (κ2) is 6.97. The Hall–Kier alpha value is -0.990. The third-order valence-electron chi connectivity index (χ3n) is 4.21. The Morgan fingerprint density at radius 3 is 2.37 bits per heavy atom. The Balaban J connectivity index is 1.69. The first-order chi connectivity index (χ1) is 9.24. The van der Waals surface area contributed by atoms with Crippen LogP contribution < -0.4 is 5.73 Å². The van der Waals surface area contributed by atoms with E-state index in [-0.39, 0.29) is 0 Å². The molecule has 0 unspecified atom stereocenters. The van der Waals surface area contributed by atoms with Crippen molar-refractivity contribution in [3.63, 3.8) is 0 Å². The first kappa shape index (κ1) is 14.4. The molecule has 0 radical (unpaired) electrons. The average Bonchev–Trinajstić information content (AvgIpc) is 3.20. The maximum Gasteiger partial charge on any atom is 0.126 e. The van der Waals surface area contributed by atoms with Crippen molar-refractivity contribution in [2.75, 3.05) is 5.73 Å². The van der Waals surface area contributed by atoms with Gasteiger partial charge in [0.05, 0.1) is 5.69 Å². The molecule has 19 heavy (non-hydrogen) atoms. The second-order valence-corrected chi connectivity index (χ2v) is 6.01. The quantitative estimate of drug-likeness (QED) is 0.679. The van der Waals surface area contributed by atoms with Crippen LogP contribution in [-0.2, 0) is 13.5 Å². The number of hydrogen-bond acceptors (Lipinski definition) is 2. The predicted octanol–water partition coefficient (Wildman–Crippen LogP) is 4.17. The standard InChI is InChI=1S/C16H29N3/c1-3-4-5-6-7-8-9-10-14-15(17)19(2)16(18-14)13-11-12-13/h13H,3-12,17H2,1-2H3. The fourth-order valence-corrected chi connectivity index (χ4v) is 2.73. The summed E-state index contributed by atoms with van der Waals surface area (Å²) < 4.78 is 2.11. The normalized spacial score (nSPS) is 15.1. The van der Waals surface area contributed by atoms with Crippen LogP contribution >= 0.6 is 0 Å². The number of aromatic nitrogens is 2. The number of nitrogens with zero attached hydrogens (tertiary/aromatic N) is 2. The molecule has 108 valence electrons. The van der Waals surface area contributed by atoms with Gasteiger partial charge in [-0.2, -0.15) is 0 Å². The zero-order valence-corrected chi connectivity index (χ0v) is 12.6. The van der Waals surface area contributed by atoms with E-state index < -0.39 is 0 Å². The van der Waals surface area contributed by atoms with Crippen LogP contribution in [0.3, 0.4) is 0 Å². The number of nitrogen functional groups attached to an aromatic ring is 1. The maximum atomic E-state index is 6.15. The van der Waals surface area contributed by atoms with Crippen molar-refractivity contribution >= 4 is 5.82 Å². The lowest BCUT2D eigenvalue weighted by molar-refractivity contribution is 0.587. The molecule has 0 aliphatic heterocycles. The van der Waals surface area contributed by atoms with E-state index >= 15 is 0 Å². The number of rotatable bonds is 9. The topological polar surface area (TPSA) is 43.8 Å². The Kier molecular flexibility index (Phi) is 5.29. The average molecular weight is 263 g/mol. The van der Waals surface area contributed by atoms with Crippen LogP contribution in [0.15, 0.2) is 0 Å². The van der Waals surface area contributed by atoms with E-state index in [0.717, 1.165) is 17.9 Å². The van der Waals surface area contributed by atoms with Crippen molar-refractivity contribution < 1.29 is 0 Å². The van der Waals surface area contributed by atoms with Gasteiger partial charge in [-0.3, -0.25) is 0 Å². The van der Waals surface area contributed by atoms with Crippen LogP contribution in [0.4, 0.5) is 5.82 Å². The maximum absolute atomic E-state index is 6.15. The van der Waals surface area contributed by atoms with Crippen molar-refractivity contribution in [3.8, 4) is 0 Å². The van der Waals surface area contributed by atoms with Gasteiger partial charge < -0.3 is 10.3 Å². The Labute approximate surface area is 117 Å². The van der Waals surface area contributed by atoms with Gasteiger partial charge in [0.25, 0.3) is 0 Å². The van der Waals surface area contributed by atoms with Crippen LogP contribution in [0.1, 0.15) is 82.1 Å². The number of hydrogen-bond donors (Lipinski definition) is 1. The van der Waals surface area contributed by atoms with E-state index in [1.807, 2.05) is 0 Å². The molecule has 2 rings (SSSR count). The van der Waals surface area contributed by atoms with E-state index in [9.17, 15) is 0 Å². The highest BCUT2D eigenvalue weighted by Crippen LogP contribution is 2.40. The lowest BCUT2D eigenvalue weighted by atomic mass is 10.1. The van der Waals surface area contributed by atoms with Gasteiger partial charge in [-0.05, 0) is 25.7 Å². The van der Waals surface area contributed by atoms with Gasteiger partial charge in [0.15, 0.2) is 0 Å². The molecular weight excluding hydrogens is 234 g/mol. The molecule has 2 N–H and O–H groups in total. The first-order valence-corrected chi connectivity index (χ1v) is 8.05. The van der Waals surface area contributed by atoms with Gasteiger partial charge >= 0.3 is 0 Å². The van der Waals surface area contributed by atoms with E-state index in [4.69, 9.17) is 10.7 Å². The highest BCUT2D eigenvalue weighted by atomic mass is 15.1. The van der Waals surface area contributed by atoms with E-state index in [2.05, 4.69) is 18.5 Å². The third-order valence-corrected chi connectivity index (χ3v) is 4.21. The summed E-state index contributed by atoms with van der Waals surface area (Å²) >= 11 is 0. The smallest absolute Gasteiger partial charge is 0.126 e. The van der Waals surface area contributed by atoms with Crippen LogP contribution in [0.2, 0.25) is 0 Å². The molecule has 0 saturated heterocycles. The molecular formula is C16H29N3. The molecule has 0 amide bonds. The van der Waals surface area contributed by atoms with Gasteiger partial charge in [0.1, 0.15) is 11.6 Å². The van der Waals surface area contributed by atoms with Crippen molar-refractivity contribution in [1.29, 1.82) is 0 Å². The van der Waals surface area contributed by atoms with Crippen molar-refractivity contribution in [3.05, 3.63) is 11.5 Å². The monoisotopic (exact) mass is 263 g/mol. The van der Waals surface area contributed by atoms with Gasteiger partial charge in [0.2, 0.25) is 0 Å². The van der Waals surface area contributed by atoms with Gasteiger partial charge in [-0.15, -0.1) is 0 Å². The Morgan fingerprint density at radius 1 is 1.11 bits per heavy atom. The number of imidazole rings is 1. The molecule has 1 aromatic heterocycles. The minimum Gasteiger partial charge on any atom is -0.384 e. The molecule has 0 aromatic carbocycles.